The fraction of sp³-hybridized carbons (Fsp3) is 0.818. The van der Waals surface area contributed by atoms with E-state index in [-0.39, 0.29) is 5.54 Å². The van der Waals surface area contributed by atoms with Gasteiger partial charge in [0.05, 0.1) is 6.10 Å². The highest BCUT2D eigenvalue weighted by Crippen LogP contribution is 2.24. The molecule has 0 amide bonds. The van der Waals surface area contributed by atoms with Crippen molar-refractivity contribution in [1.29, 1.82) is 0 Å². The van der Waals surface area contributed by atoms with E-state index in [2.05, 4.69) is 25.7 Å². The summed E-state index contributed by atoms with van der Waals surface area (Å²) in [5.41, 5.74) is 0.196. The molecule has 1 aliphatic heterocycles. The Morgan fingerprint density at radius 2 is 2.46 bits per heavy atom. The van der Waals surface area contributed by atoms with Crippen LogP contribution < -0.4 is 5.32 Å². The van der Waals surface area contributed by atoms with Gasteiger partial charge in [-0.1, -0.05) is 6.08 Å². The molecule has 0 aromatic rings. The van der Waals surface area contributed by atoms with Crippen molar-refractivity contribution in [1.82, 2.24) is 5.32 Å². The highest BCUT2D eigenvalue weighted by Gasteiger charge is 2.35. The molecule has 1 N–H and O–H groups in total. The van der Waals surface area contributed by atoms with Crippen molar-refractivity contribution in [2.24, 2.45) is 0 Å². The lowest BCUT2D eigenvalue weighted by Crippen LogP contribution is -2.48. The van der Waals surface area contributed by atoms with E-state index in [0.717, 1.165) is 26.0 Å². The maximum Gasteiger partial charge on any atom is 0.0726 e. The predicted octanol–water partition coefficient (Wildman–Crippen LogP) is 2.11. The summed E-state index contributed by atoms with van der Waals surface area (Å²) in [6.45, 7) is 10.1. The summed E-state index contributed by atoms with van der Waals surface area (Å²) in [5, 5.41) is 3.57. The van der Waals surface area contributed by atoms with E-state index >= 15 is 0 Å². The summed E-state index contributed by atoms with van der Waals surface area (Å²) in [7, 11) is 0. The van der Waals surface area contributed by atoms with Crippen LogP contribution in [0, 0.1) is 0 Å². The molecule has 2 nitrogen and oxygen atoms in total. The zero-order chi connectivity index (χ0) is 9.73. The van der Waals surface area contributed by atoms with Crippen LogP contribution in [-0.2, 0) is 4.74 Å². The van der Waals surface area contributed by atoms with Crippen molar-refractivity contribution >= 4 is 0 Å². The van der Waals surface area contributed by atoms with Gasteiger partial charge >= 0.3 is 0 Å². The van der Waals surface area contributed by atoms with Gasteiger partial charge < -0.3 is 10.1 Å². The van der Waals surface area contributed by atoms with Gasteiger partial charge in [0.1, 0.15) is 0 Å². The van der Waals surface area contributed by atoms with Gasteiger partial charge in [-0.15, -0.1) is 6.58 Å². The van der Waals surface area contributed by atoms with Crippen molar-refractivity contribution < 1.29 is 4.74 Å². The van der Waals surface area contributed by atoms with Crippen molar-refractivity contribution in [3.05, 3.63) is 12.7 Å². The highest BCUT2D eigenvalue weighted by molar-refractivity contribution is 4.93. The molecule has 1 heterocycles. The molecule has 2 unspecified atom stereocenters. The minimum Gasteiger partial charge on any atom is -0.377 e. The number of nitrogens with one attached hydrogen (secondary N) is 1. The largest absolute Gasteiger partial charge is 0.377 e. The first-order valence-electron chi connectivity index (χ1n) is 5.16. The van der Waals surface area contributed by atoms with Gasteiger partial charge in [-0.3, -0.25) is 0 Å². The Morgan fingerprint density at radius 3 is 3.00 bits per heavy atom. The lowest BCUT2D eigenvalue weighted by molar-refractivity contribution is 0.0887. The van der Waals surface area contributed by atoms with E-state index in [1.54, 1.807) is 0 Å². The lowest BCUT2D eigenvalue weighted by atomic mass is 9.94. The molecule has 2 heteroatoms. The second-order valence-electron chi connectivity index (χ2n) is 4.04. The van der Waals surface area contributed by atoms with Crippen LogP contribution >= 0.6 is 0 Å². The Bertz CT molecular complexity index is 169. The molecule has 0 aromatic carbocycles. The van der Waals surface area contributed by atoms with Crippen LogP contribution in [0.1, 0.15) is 33.1 Å². The third-order valence-corrected chi connectivity index (χ3v) is 3.00. The molecule has 13 heavy (non-hydrogen) atoms. The fourth-order valence-electron chi connectivity index (χ4n) is 1.69. The number of unbranched alkanes of at least 4 members (excludes halogenated alkanes) is 1. The first kappa shape index (κ1) is 10.7. The molecule has 0 bridgehead atoms. The Balaban J connectivity index is 2.22. The summed E-state index contributed by atoms with van der Waals surface area (Å²) in [6.07, 6.45) is 5.71. The second-order valence-corrected chi connectivity index (χ2v) is 4.04. The molecule has 1 rings (SSSR count). The van der Waals surface area contributed by atoms with E-state index in [1.807, 2.05) is 6.08 Å². The van der Waals surface area contributed by atoms with Crippen LogP contribution in [0.15, 0.2) is 12.7 Å². The molecule has 0 radical (unpaired) electrons. The summed E-state index contributed by atoms with van der Waals surface area (Å²) >= 11 is 0. The Morgan fingerprint density at radius 1 is 1.69 bits per heavy atom. The number of hydrogen-bond acceptors (Lipinski definition) is 2. The molecule has 1 fully saturated rings. The maximum absolute atomic E-state index is 5.54. The minimum absolute atomic E-state index is 0.196. The zero-order valence-corrected chi connectivity index (χ0v) is 8.81. The molecular formula is C11H21NO. The fourth-order valence-corrected chi connectivity index (χ4v) is 1.69. The maximum atomic E-state index is 5.54. The van der Waals surface area contributed by atoms with Gasteiger partial charge in [0.2, 0.25) is 0 Å². The Kier molecular flexibility index (Phi) is 3.94. The van der Waals surface area contributed by atoms with Gasteiger partial charge in [-0.25, -0.2) is 0 Å². The SMILES string of the molecule is C=CCCCNC1(C)CCOC1C. The molecule has 1 saturated heterocycles. The topological polar surface area (TPSA) is 21.3 Å². The van der Waals surface area contributed by atoms with Crippen molar-refractivity contribution in [3.63, 3.8) is 0 Å². The third-order valence-electron chi connectivity index (χ3n) is 3.00. The van der Waals surface area contributed by atoms with Crippen LogP contribution in [-0.4, -0.2) is 24.8 Å². The molecule has 0 saturated carbocycles. The smallest absolute Gasteiger partial charge is 0.0726 e. The first-order valence-corrected chi connectivity index (χ1v) is 5.16. The van der Waals surface area contributed by atoms with Gasteiger partial charge in [-0.05, 0) is 39.7 Å². The van der Waals surface area contributed by atoms with E-state index in [1.165, 1.54) is 6.42 Å². The molecule has 2 atom stereocenters. The molecular weight excluding hydrogens is 162 g/mol. The predicted molar refractivity (Wildman–Crippen MR) is 55.9 cm³/mol. The van der Waals surface area contributed by atoms with E-state index in [9.17, 15) is 0 Å². The van der Waals surface area contributed by atoms with Crippen molar-refractivity contribution in [2.45, 2.75) is 44.8 Å². The van der Waals surface area contributed by atoms with Crippen molar-refractivity contribution in [3.8, 4) is 0 Å². The monoisotopic (exact) mass is 183 g/mol. The van der Waals surface area contributed by atoms with E-state index in [4.69, 9.17) is 4.74 Å². The van der Waals surface area contributed by atoms with Crippen LogP contribution in [0.25, 0.3) is 0 Å². The average Bonchev–Trinajstić information content (AvgIpc) is 2.42. The van der Waals surface area contributed by atoms with Crippen LogP contribution in [0.2, 0.25) is 0 Å². The Labute approximate surface area is 81.4 Å². The minimum atomic E-state index is 0.196. The van der Waals surface area contributed by atoms with Gasteiger partial charge in [0, 0.05) is 12.1 Å². The lowest BCUT2D eigenvalue weighted by Gasteiger charge is -2.29. The van der Waals surface area contributed by atoms with Gasteiger partial charge in [0.25, 0.3) is 0 Å². The second kappa shape index (κ2) is 4.77. The highest BCUT2D eigenvalue weighted by atomic mass is 16.5. The number of ether oxygens (including phenoxy) is 1. The normalized spacial score (nSPS) is 33.5. The molecule has 0 aliphatic carbocycles. The third kappa shape index (κ3) is 2.82. The molecule has 76 valence electrons. The van der Waals surface area contributed by atoms with E-state index in [0.29, 0.717) is 6.10 Å². The summed E-state index contributed by atoms with van der Waals surface area (Å²) < 4.78 is 5.54. The number of rotatable bonds is 5. The van der Waals surface area contributed by atoms with Gasteiger partial charge in [0.15, 0.2) is 0 Å². The van der Waals surface area contributed by atoms with Crippen LogP contribution in [0.4, 0.5) is 0 Å². The standard InChI is InChI=1S/C11H21NO/c1-4-5-6-8-12-11(3)7-9-13-10(11)2/h4,10,12H,1,5-9H2,2-3H3. The zero-order valence-electron chi connectivity index (χ0n) is 8.81. The number of allylic oxidation sites excluding steroid dienone is 1. The Hall–Kier alpha value is -0.340. The molecule has 1 aliphatic rings. The van der Waals surface area contributed by atoms with Crippen molar-refractivity contribution in [2.75, 3.05) is 13.2 Å². The van der Waals surface area contributed by atoms with Crippen LogP contribution in [0.5, 0.6) is 0 Å². The average molecular weight is 183 g/mol. The summed E-state index contributed by atoms with van der Waals surface area (Å²) in [4.78, 5) is 0. The quantitative estimate of drug-likeness (QED) is 0.520. The number of hydrogen-bond donors (Lipinski definition) is 1. The summed E-state index contributed by atoms with van der Waals surface area (Å²) in [5.74, 6) is 0. The summed E-state index contributed by atoms with van der Waals surface area (Å²) in [6, 6.07) is 0. The van der Waals surface area contributed by atoms with Crippen LogP contribution in [0.3, 0.4) is 0 Å². The molecule has 0 aromatic heterocycles. The molecule has 0 spiro atoms. The van der Waals surface area contributed by atoms with E-state index < -0.39 is 0 Å². The van der Waals surface area contributed by atoms with Gasteiger partial charge in [-0.2, -0.15) is 0 Å². The first-order chi connectivity index (χ1) is 6.19.